The van der Waals surface area contributed by atoms with Crippen LogP contribution in [-0.4, -0.2) is 29.9 Å². The molecule has 0 spiro atoms. The third kappa shape index (κ3) is 3.18. The number of likely N-dealkylation sites (N-methyl/N-ethyl adjacent to an activating group) is 1. The summed E-state index contributed by atoms with van der Waals surface area (Å²) in [5.41, 5.74) is -0.484. The minimum Gasteiger partial charge on any atom is -0.348 e. The maximum Gasteiger partial charge on any atom is 0.417 e. The van der Waals surface area contributed by atoms with E-state index in [0.717, 1.165) is 12.3 Å². The largest absolute Gasteiger partial charge is 0.417 e. The Morgan fingerprint density at radius 3 is 2.29 bits per heavy atom. The number of aromatic nitrogens is 1. The molecule has 0 N–H and O–H groups in total. The number of carbonyl (C=O) groups excluding carboxylic acids is 1. The van der Waals surface area contributed by atoms with Crippen LogP contribution < -0.4 is 0 Å². The number of nitrogens with zero attached hydrogens (tertiary/aromatic N) is 2. The van der Waals surface area contributed by atoms with Gasteiger partial charge in [0.1, 0.15) is 0 Å². The second-order valence-corrected chi connectivity index (χ2v) is 3.92. The van der Waals surface area contributed by atoms with Crippen molar-refractivity contribution in [2.24, 2.45) is 0 Å². The molecule has 0 aliphatic rings. The standard InChI is InChI=1S/C11H13F3N2O/c1-7(10(17)16(2)3)9-5-4-8(6-15-9)11(12,13)14/h4-7H,1-3H3. The Balaban J connectivity index is 2.92. The molecule has 0 radical (unpaired) electrons. The zero-order valence-corrected chi connectivity index (χ0v) is 9.75. The van der Waals surface area contributed by atoms with Gasteiger partial charge in [-0.25, -0.2) is 0 Å². The highest BCUT2D eigenvalue weighted by atomic mass is 19.4. The van der Waals surface area contributed by atoms with Gasteiger partial charge in [0.25, 0.3) is 0 Å². The Hall–Kier alpha value is -1.59. The number of rotatable bonds is 2. The molecule has 1 rings (SSSR count). The van der Waals surface area contributed by atoms with Crippen LogP contribution in [0.5, 0.6) is 0 Å². The predicted molar refractivity (Wildman–Crippen MR) is 56.3 cm³/mol. The molecule has 0 saturated heterocycles. The average molecular weight is 246 g/mol. The van der Waals surface area contributed by atoms with Crippen LogP contribution in [0.1, 0.15) is 24.1 Å². The van der Waals surface area contributed by atoms with Crippen LogP contribution in [-0.2, 0) is 11.0 Å². The van der Waals surface area contributed by atoms with Gasteiger partial charge in [-0.1, -0.05) is 0 Å². The molecular weight excluding hydrogens is 233 g/mol. The second kappa shape index (κ2) is 4.73. The zero-order chi connectivity index (χ0) is 13.2. The Bertz CT molecular complexity index is 398. The molecule has 0 aliphatic heterocycles. The summed E-state index contributed by atoms with van der Waals surface area (Å²) < 4.78 is 36.9. The van der Waals surface area contributed by atoms with Gasteiger partial charge in [-0.15, -0.1) is 0 Å². The van der Waals surface area contributed by atoms with Gasteiger partial charge in [0, 0.05) is 20.3 Å². The Labute approximate surface area is 97.3 Å². The lowest BCUT2D eigenvalue weighted by Gasteiger charge is -2.16. The van der Waals surface area contributed by atoms with E-state index in [0.29, 0.717) is 5.69 Å². The first-order chi connectivity index (χ1) is 7.73. The van der Waals surface area contributed by atoms with Crippen LogP contribution >= 0.6 is 0 Å². The van der Waals surface area contributed by atoms with Gasteiger partial charge in [0.05, 0.1) is 17.2 Å². The maximum absolute atomic E-state index is 12.3. The molecule has 0 bridgehead atoms. The Kier molecular flexibility index (Phi) is 3.75. The van der Waals surface area contributed by atoms with Gasteiger partial charge in [-0.05, 0) is 19.1 Å². The van der Waals surface area contributed by atoms with Gasteiger partial charge in [-0.3, -0.25) is 9.78 Å². The third-order valence-electron chi connectivity index (χ3n) is 2.37. The van der Waals surface area contributed by atoms with E-state index in [1.165, 1.54) is 11.0 Å². The molecule has 1 unspecified atom stereocenters. The minimum absolute atomic E-state index is 0.197. The van der Waals surface area contributed by atoms with Crippen molar-refractivity contribution in [1.29, 1.82) is 0 Å². The molecule has 0 aromatic carbocycles. The molecular formula is C11H13F3N2O. The first-order valence-corrected chi connectivity index (χ1v) is 4.97. The van der Waals surface area contributed by atoms with Crippen LogP contribution in [0.25, 0.3) is 0 Å². The normalized spacial score (nSPS) is 13.3. The fraction of sp³-hybridized carbons (Fsp3) is 0.455. The highest BCUT2D eigenvalue weighted by Gasteiger charge is 2.31. The molecule has 1 amide bonds. The highest BCUT2D eigenvalue weighted by Crippen LogP contribution is 2.29. The summed E-state index contributed by atoms with van der Waals surface area (Å²) in [6.45, 7) is 1.61. The van der Waals surface area contributed by atoms with Crippen molar-refractivity contribution >= 4 is 5.91 Å². The summed E-state index contributed by atoms with van der Waals surface area (Å²) in [6.07, 6.45) is -3.66. The second-order valence-electron chi connectivity index (χ2n) is 3.92. The monoisotopic (exact) mass is 246 g/mol. The smallest absolute Gasteiger partial charge is 0.348 e. The first kappa shape index (κ1) is 13.5. The van der Waals surface area contributed by atoms with Crippen LogP contribution in [0.15, 0.2) is 18.3 Å². The molecule has 94 valence electrons. The summed E-state index contributed by atoms with van der Waals surface area (Å²) in [4.78, 5) is 16.6. The lowest BCUT2D eigenvalue weighted by Crippen LogP contribution is -2.27. The van der Waals surface area contributed by atoms with Crippen molar-refractivity contribution < 1.29 is 18.0 Å². The molecule has 1 aromatic heterocycles. The number of alkyl halides is 3. The Morgan fingerprint density at radius 2 is 1.94 bits per heavy atom. The van der Waals surface area contributed by atoms with E-state index in [4.69, 9.17) is 0 Å². The van der Waals surface area contributed by atoms with Crippen molar-refractivity contribution in [2.75, 3.05) is 14.1 Å². The minimum atomic E-state index is -4.40. The number of halogens is 3. The fourth-order valence-electron chi connectivity index (χ4n) is 1.34. The van der Waals surface area contributed by atoms with Crippen LogP contribution in [0.2, 0.25) is 0 Å². The molecule has 17 heavy (non-hydrogen) atoms. The lowest BCUT2D eigenvalue weighted by atomic mass is 10.1. The van der Waals surface area contributed by atoms with Gasteiger partial charge >= 0.3 is 6.18 Å². The SMILES string of the molecule is CC(C(=O)N(C)C)c1ccc(C(F)(F)F)cn1. The number of hydrogen-bond acceptors (Lipinski definition) is 2. The lowest BCUT2D eigenvalue weighted by molar-refractivity contribution is -0.137. The predicted octanol–water partition coefficient (Wildman–Crippen LogP) is 2.29. The summed E-state index contributed by atoms with van der Waals surface area (Å²) >= 11 is 0. The topological polar surface area (TPSA) is 33.2 Å². The first-order valence-electron chi connectivity index (χ1n) is 4.97. The van der Waals surface area contributed by atoms with Crippen molar-refractivity contribution in [2.45, 2.75) is 19.0 Å². The molecule has 1 atom stereocenters. The van der Waals surface area contributed by atoms with Gasteiger partial charge in [0.15, 0.2) is 0 Å². The van der Waals surface area contributed by atoms with E-state index in [1.807, 2.05) is 0 Å². The summed E-state index contributed by atoms with van der Waals surface area (Å²) in [5.74, 6) is -0.746. The summed E-state index contributed by atoms with van der Waals surface area (Å²) in [6, 6.07) is 2.16. The van der Waals surface area contributed by atoms with E-state index in [9.17, 15) is 18.0 Å². The quantitative estimate of drug-likeness (QED) is 0.802. The van der Waals surface area contributed by atoms with Gasteiger partial charge < -0.3 is 4.90 Å². The van der Waals surface area contributed by atoms with Gasteiger partial charge in [-0.2, -0.15) is 13.2 Å². The molecule has 0 saturated carbocycles. The van der Waals surface area contributed by atoms with Crippen LogP contribution in [0.3, 0.4) is 0 Å². The van der Waals surface area contributed by atoms with E-state index in [-0.39, 0.29) is 5.91 Å². The van der Waals surface area contributed by atoms with Crippen molar-refractivity contribution in [3.8, 4) is 0 Å². The molecule has 0 fully saturated rings. The molecule has 3 nitrogen and oxygen atoms in total. The van der Waals surface area contributed by atoms with Crippen molar-refractivity contribution in [1.82, 2.24) is 9.88 Å². The molecule has 6 heteroatoms. The van der Waals surface area contributed by atoms with Crippen LogP contribution in [0, 0.1) is 0 Å². The molecule has 1 heterocycles. The highest BCUT2D eigenvalue weighted by molar-refractivity contribution is 5.82. The number of amides is 1. The number of hydrogen-bond donors (Lipinski definition) is 0. The van der Waals surface area contributed by atoms with Crippen molar-refractivity contribution in [3.63, 3.8) is 0 Å². The fourth-order valence-corrected chi connectivity index (χ4v) is 1.34. The average Bonchev–Trinajstić information content (AvgIpc) is 2.26. The maximum atomic E-state index is 12.3. The van der Waals surface area contributed by atoms with E-state index < -0.39 is 17.7 Å². The number of carbonyl (C=O) groups is 1. The molecule has 0 aliphatic carbocycles. The third-order valence-corrected chi connectivity index (χ3v) is 2.37. The summed E-state index contributed by atoms with van der Waals surface area (Å²) in [5, 5.41) is 0. The summed E-state index contributed by atoms with van der Waals surface area (Å²) in [7, 11) is 3.17. The van der Waals surface area contributed by atoms with E-state index in [2.05, 4.69) is 4.98 Å². The zero-order valence-electron chi connectivity index (χ0n) is 9.75. The van der Waals surface area contributed by atoms with E-state index >= 15 is 0 Å². The Morgan fingerprint density at radius 1 is 1.35 bits per heavy atom. The van der Waals surface area contributed by atoms with E-state index in [1.54, 1.807) is 21.0 Å². The number of pyridine rings is 1. The van der Waals surface area contributed by atoms with Gasteiger partial charge in [0.2, 0.25) is 5.91 Å². The molecule has 1 aromatic rings. The van der Waals surface area contributed by atoms with Crippen molar-refractivity contribution in [3.05, 3.63) is 29.6 Å². The van der Waals surface area contributed by atoms with Crippen LogP contribution in [0.4, 0.5) is 13.2 Å².